The number of aromatic nitrogens is 1. The number of nitrogens with zero attached hydrogens (tertiary/aromatic N) is 1. The third-order valence-electron chi connectivity index (χ3n) is 3.33. The van der Waals surface area contributed by atoms with Gasteiger partial charge < -0.3 is 5.11 Å². The first-order chi connectivity index (χ1) is 9.63. The highest BCUT2D eigenvalue weighted by Gasteiger charge is 2.11. The Morgan fingerprint density at radius 1 is 1.00 bits per heavy atom. The van der Waals surface area contributed by atoms with Gasteiger partial charge >= 0.3 is 0 Å². The second-order valence-electron chi connectivity index (χ2n) is 4.86. The van der Waals surface area contributed by atoms with Crippen LogP contribution in [0.4, 0.5) is 0 Å². The van der Waals surface area contributed by atoms with Gasteiger partial charge in [-0.25, -0.2) is 0 Å². The van der Waals surface area contributed by atoms with Crippen molar-refractivity contribution in [2.24, 2.45) is 0 Å². The van der Waals surface area contributed by atoms with Crippen LogP contribution in [0.25, 0.3) is 10.9 Å². The standard InChI is InChI=1S/C17H14INO/c1-11-5-6-12-9-14(7-8-16(12)19-11)17(20)13-3-2-4-15(18)10-13/h2-10,17,20H,1H3. The van der Waals surface area contributed by atoms with Crippen LogP contribution < -0.4 is 0 Å². The lowest BCUT2D eigenvalue weighted by Gasteiger charge is -2.12. The predicted molar refractivity (Wildman–Crippen MR) is 89.7 cm³/mol. The first kappa shape index (κ1) is 13.5. The molecule has 0 saturated carbocycles. The second kappa shape index (κ2) is 5.50. The number of aliphatic hydroxyl groups is 1. The molecule has 2 aromatic carbocycles. The van der Waals surface area contributed by atoms with Gasteiger partial charge in [-0.3, -0.25) is 4.98 Å². The summed E-state index contributed by atoms with van der Waals surface area (Å²) in [5.74, 6) is 0. The Balaban J connectivity index is 2.03. The van der Waals surface area contributed by atoms with Crippen molar-refractivity contribution in [2.45, 2.75) is 13.0 Å². The molecule has 0 aliphatic rings. The third kappa shape index (κ3) is 2.69. The number of fused-ring (bicyclic) bond motifs is 1. The van der Waals surface area contributed by atoms with Crippen LogP contribution >= 0.6 is 22.6 Å². The Hall–Kier alpha value is -1.46. The Labute approximate surface area is 131 Å². The maximum Gasteiger partial charge on any atom is 0.104 e. The Bertz CT molecular complexity index is 770. The van der Waals surface area contributed by atoms with Crippen molar-refractivity contribution in [2.75, 3.05) is 0 Å². The van der Waals surface area contributed by atoms with E-state index in [0.717, 1.165) is 31.3 Å². The van der Waals surface area contributed by atoms with Crippen LogP contribution in [0.15, 0.2) is 54.6 Å². The first-order valence-electron chi connectivity index (χ1n) is 6.44. The van der Waals surface area contributed by atoms with Crippen LogP contribution in [0.3, 0.4) is 0 Å². The fourth-order valence-corrected chi connectivity index (χ4v) is 2.85. The zero-order valence-electron chi connectivity index (χ0n) is 11.0. The summed E-state index contributed by atoms with van der Waals surface area (Å²) in [5.41, 5.74) is 3.77. The number of benzene rings is 2. The van der Waals surface area contributed by atoms with Crippen LogP contribution in [-0.4, -0.2) is 10.1 Å². The molecule has 0 bridgehead atoms. The lowest BCUT2D eigenvalue weighted by Crippen LogP contribution is -2.00. The Morgan fingerprint density at radius 2 is 1.80 bits per heavy atom. The van der Waals surface area contributed by atoms with Crippen LogP contribution in [0, 0.1) is 10.5 Å². The molecule has 0 saturated heterocycles. The predicted octanol–water partition coefficient (Wildman–Crippen LogP) is 4.23. The molecule has 0 aliphatic carbocycles. The van der Waals surface area contributed by atoms with Crippen LogP contribution in [0.1, 0.15) is 22.9 Å². The van der Waals surface area contributed by atoms with E-state index < -0.39 is 6.10 Å². The number of hydrogen-bond acceptors (Lipinski definition) is 2. The Kier molecular flexibility index (Phi) is 3.72. The van der Waals surface area contributed by atoms with E-state index in [1.165, 1.54) is 0 Å². The molecule has 100 valence electrons. The van der Waals surface area contributed by atoms with Gasteiger partial charge in [0.15, 0.2) is 0 Å². The van der Waals surface area contributed by atoms with Gasteiger partial charge in [-0.05, 0) is 71.0 Å². The van der Waals surface area contributed by atoms with Crippen molar-refractivity contribution < 1.29 is 5.11 Å². The molecule has 1 N–H and O–H groups in total. The molecule has 0 aliphatic heterocycles. The molecular formula is C17H14INO. The number of aryl methyl sites for hydroxylation is 1. The minimum absolute atomic E-state index is 0.601. The molecule has 0 fully saturated rings. The number of aliphatic hydroxyl groups excluding tert-OH is 1. The van der Waals surface area contributed by atoms with E-state index in [2.05, 4.69) is 27.6 Å². The van der Waals surface area contributed by atoms with Gasteiger partial charge in [-0.1, -0.05) is 24.3 Å². The number of halogens is 1. The quantitative estimate of drug-likeness (QED) is 0.680. The average Bonchev–Trinajstić information content (AvgIpc) is 2.46. The highest BCUT2D eigenvalue weighted by atomic mass is 127. The summed E-state index contributed by atoms with van der Waals surface area (Å²) in [4.78, 5) is 4.48. The maximum atomic E-state index is 10.5. The second-order valence-corrected chi connectivity index (χ2v) is 6.11. The topological polar surface area (TPSA) is 33.1 Å². The van der Waals surface area contributed by atoms with Crippen LogP contribution in [0.2, 0.25) is 0 Å². The summed E-state index contributed by atoms with van der Waals surface area (Å²) < 4.78 is 1.12. The SMILES string of the molecule is Cc1ccc2cc(C(O)c3cccc(I)c3)ccc2n1. The van der Waals surface area contributed by atoms with Gasteiger partial charge in [0.25, 0.3) is 0 Å². The van der Waals surface area contributed by atoms with E-state index in [1.54, 1.807) is 0 Å². The molecule has 1 unspecified atom stereocenters. The van der Waals surface area contributed by atoms with Gasteiger partial charge in [0.05, 0.1) is 5.52 Å². The number of rotatable bonds is 2. The largest absolute Gasteiger partial charge is 0.384 e. The third-order valence-corrected chi connectivity index (χ3v) is 4.00. The van der Waals surface area contributed by atoms with Gasteiger partial charge in [0, 0.05) is 14.7 Å². The fourth-order valence-electron chi connectivity index (χ4n) is 2.29. The summed E-state index contributed by atoms with van der Waals surface area (Å²) in [5, 5.41) is 11.6. The van der Waals surface area contributed by atoms with Gasteiger partial charge in [-0.2, -0.15) is 0 Å². The average molecular weight is 375 g/mol. The number of pyridine rings is 1. The zero-order chi connectivity index (χ0) is 14.1. The van der Waals surface area contributed by atoms with E-state index in [0.29, 0.717) is 0 Å². The molecule has 20 heavy (non-hydrogen) atoms. The molecule has 0 radical (unpaired) electrons. The molecular weight excluding hydrogens is 361 g/mol. The highest BCUT2D eigenvalue weighted by molar-refractivity contribution is 14.1. The van der Waals surface area contributed by atoms with E-state index in [1.807, 2.05) is 61.5 Å². The first-order valence-corrected chi connectivity index (χ1v) is 7.52. The normalized spacial score (nSPS) is 12.6. The Morgan fingerprint density at radius 3 is 2.60 bits per heavy atom. The van der Waals surface area contributed by atoms with Gasteiger partial charge in [0.2, 0.25) is 0 Å². The van der Waals surface area contributed by atoms with E-state index in [9.17, 15) is 5.11 Å². The molecule has 0 spiro atoms. The fraction of sp³-hybridized carbons (Fsp3) is 0.118. The molecule has 0 amide bonds. The van der Waals surface area contributed by atoms with Crippen molar-refractivity contribution in [3.8, 4) is 0 Å². The molecule has 1 atom stereocenters. The molecule has 3 rings (SSSR count). The van der Waals surface area contributed by atoms with Crippen molar-refractivity contribution in [1.82, 2.24) is 4.98 Å². The zero-order valence-corrected chi connectivity index (χ0v) is 13.2. The number of hydrogen-bond donors (Lipinski definition) is 1. The summed E-state index contributed by atoms with van der Waals surface area (Å²) in [7, 11) is 0. The molecule has 3 aromatic rings. The summed E-state index contributed by atoms with van der Waals surface area (Å²) in [6.07, 6.45) is -0.601. The van der Waals surface area contributed by atoms with Crippen molar-refractivity contribution >= 4 is 33.5 Å². The maximum absolute atomic E-state index is 10.5. The lowest BCUT2D eigenvalue weighted by molar-refractivity contribution is 0.220. The van der Waals surface area contributed by atoms with Gasteiger partial charge in [-0.15, -0.1) is 0 Å². The van der Waals surface area contributed by atoms with Crippen molar-refractivity contribution in [3.05, 3.63) is 75.0 Å². The summed E-state index contributed by atoms with van der Waals surface area (Å²) in [6.45, 7) is 1.98. The monoisotopic (exact) mass is 375 g/mol. The van der Waals surface area contributed by atoms with Crippen LogP contribution in [0.5, 0.6) is 0 Å². The lowest BCUT2D eigenvalue weighted by atomic mass is 10.00. The molecule has 3 heteroatoms. The highest BCUT2D eigenvalue weighted by Crippen LogP contribution is 2.26. The minimum atomic E-state index is -0.601. The van der Waals surface area contributed by atoms with E-state index in [4.69, 9.17) is 0 Å². The minimum Gasteiger partial charge on any atom is -0.384 e. The van der Waals surface area contributed by atoms with E-state index in [-0.39, 0.29) is 0 Å². The van der Waals surface area contributed by atoms with E-state index >= 15 is 0 Å². The van der Waals surface area contributed by atoms with Gasteiger partial charge in [0.1, 0.15) is 6.10 Å². The smallest absolute Gasteiger partial charge is 0.104 e. The van der Waals surface area contributed by atoms with Crippen molar-refractivity contribution in [1.29, 1.82) is 0 Å². The molecule has 2 nitrogen and oxygen atoms in total. The summed E-state index contributed by atoms with van der Waals surface area (Å²) >= 11 is 2.25. The van der Waals surface area contributed by atoms with Crippen LogP contribution in [-0.2, 0) is 0 Å². The van der Waals surface area contributed by atoms with Crippen molar-refractivity contribution in [3.63, 3.8) is 0 Å². The molecule has 1 heterocycles. The summed E-state index contributed by atoms with van der Waals surface area (Å²) in [6, 6.07) is 17.9. The molecule has 1 aromatic heterocycles.